The van der Waals surface area contributed by atoms with Crippen LogP contribution in [0.25, 0.3) is 22.0 Å². The summed E-state index contributed by atoms with van der Waals surface area (Å²) in [5.74, 6) is -3.94. The quantitative estimate of drug-likeness (QED) is 0.229. The van der Waals surface area contributed by atoms with E-state index >= 15 is 0 Å². The number of nitrogens with one attached hydrogen (secondary N) is 1. The third kappa shape index (κ3) is 6.61. The van der Waals surface area contributed by atoms with Crippen LogP contribution in [-0.4, -0.2) is 79.0 Å². The summed E-state index contributed by atoms with van der Waals surface area (Å²) in [6.45, 7) is 1.84. The van der Waals surface area contributed by atoms with E-state index in [1.165, 1.54) is 17.4 Å². The molecule has 2 amide bonds. The van der Waals surface area contributed by atoms with E-state index in [0.717, 1.165) is 21.8 Å². The average Bonchev–Trinajstić information content (AvgIpc) is 3.57. The lowest BCUT2D eigenvalue weighted by Crippen LogP contribution is -2.38. The number of benzene rings is 1. The fourth-order valence-electron chi connectivity index (χ4n) is 5.08. The second-order valence-electron chi connectivity index (χ2n) is 10.0. The van der Waals surface area contributed by atoms with Crippen molar-refractivity contribution in [2.24, 2.45) is 11.5 Å². The number of aromatic nitrogens is 1. The molecule has 1 aromatic carbocycles. The predicted octanol–water partition coefficient (Wildman–Crippen LogP) is 3.05. The third-order valence-electron chi connectivity index (χ3n) is 7.19. The number of rotatable bonds is 10. The highest BCUT2D eigenvalue weighted by atomic mass is 32.2. The highest BCUT2D eigenvalue weighted by Crippen LogP contribution is 2.39. The number of piperidine rings is 1. The Morgan fingerprint density at radius 3 is 2.40 bits per heavy atom. The molecule has 3 heterocycles. The zero-order valence-corrected chi connectivity index (χ0v) is 24.4. The van der Waals surface area contributed by atoms with Gasteiger partial charge in [-0.05, 0) is 73.0 Å². The maximum absolute atomic E-state index is 13.0. The van der Waals surface area contributed by atoms with E-state index in [1.54, 1.807) is 24.6 Å². The molecular weight excluding hydrogens is 599 g/mol. The Hall–Kier alpha value is -3.47. The summed E-state index contributed by atoms with van der Waals surface area (Å²) in [6, 6.07) is 4.87. The number of amides is 2. The number of H-pyrrole nitrogens is 1. The Labute approximate surface area is 243 Å². The Bertz CT molecular complexity index is 1610. The van der Waals surface area contributed by atoms with Gasteiger partial charge in [0.15, 0.2) is 6.23 Å². The highest BCUT2D eigenvalue weighted by molar-refractivity contribution is 7.89. The van der Waals surface area contributed by atoms with Crippen molar-refractivity contribution in [2.75, 3.05) is 32.4 Å². The summed E-state index contributed by atoms with van der Waals surface area (Å²) < 4.78 is 69.7. The van der Waals surface area contributed by atoms with E-state index in [-0.39, 0.29) is 22.1 Å². The first kappa shape index (κ1) is 31.5. The largest absolute Gasteiger partial charge is 0.490 e. The van der Waals surface area contributed by atoms with Gasteiger partial charge in [0.25, 0.3) is 5.91 Å². The number of hydrogen-bond acceptors (Lipinski definition) is 8. The first-order chi connectivity index (χ1) is 19.6. The number of primary amides is 2. The molecule has 1 aliphatic heterocycles. The van der Waals surface area contributed by atoms with Crippen LogP contribution in [0.5, 0.6) is 0 Å². The molecule has 5 N–H and O–H groups in total. The zero-order chi connectivity index (χ0) is 31.0. The number of ether oxygens (including phenoxy) is 1. The molecule has 11 nitrogen and oxygen atoms in total. The standard InChI is InChI=1S/C26H30F3N5O6S2/c1-3-42(38,39)34-6-4-14(5-7-34)19-11-32-22-17(19)8-15(9-18(22)23(31)36)16-10-20(41-13-16)24(33(2)12-21(30)35)40-25(37)26(27,28)29/h8-11,13-14,24,32H,3-7,12H2,1-2H3,(H2,30,35)(H2,31,36). The van der Waals surface area contributed by atoms with Gasteiger partial charge in [0.1, 0.15) is 0 Å². The summed E-state index contributed by atoms with van der Waals surface area (Å²) in [4.78, 5) is 39.9. The molecule has 0 spiro atoms. The number of alkyl halides is 3. The first-order valence-electron chi connectivity index (χ1n) is 12.9. The Morgan fingerprint density at radius 2 is 1.83 bits per heavy atom. The van der Waals surface area contributed by atoms with Gasteiger partial charge in [-0.25, -0.2) is 17.5 Å². The molecule has 0 aliphatic carbocycles. The van der Waals surface area contributed by atoms with Gasteiger partial charge < -0.3 is 21.2 Å². The topological polar surface area (TPSA) is 169 Å². The number of thiophene rings is 1. The maximum atomic E-state index is 13.0. The molecule has 3 aromatic rings. The molecule has 0 bridgehead atoms. The number of hydrogen-bond donors (Lipinski definition) is 3. The van der Waals surface area contributed by atoms with Gasteiger partial charge in [-0.15, -0.1) is 11.3 Å². The van der Waals surface area contributed by atoms with Crippen molar-refractivity contribution in [1.29, 1.82) is 0 Å². The Balaban J connectivity index is 1.71. The fraction of sp³-hybridized carbons (Fsp3) is 0.423. The van der Waals surface area contributed by atoms with Crippen LogP contribution in [0, 0.1) is 0 Å². The summed E-state index contributed by atoms with van der Waals surface area (Å²) in [5.41, 5.74) is 13.5. The minimum Gasteiger partial charge on any atom is -0.434 e. The minimum atomic E-state index is -5.26. The molecule has 4 rings (SSSR count). The van der Waals surface area contributed by atoms with Crippen LogP contribution in [0.2, 0.25) is 0 Å². The molecule has 1 fully saturated rings. The molecule has 1 atom stereocenters. The van der Waals surface area contributed by atoms with Gasteiger partial charge in [-0.3, -0.25) is 14.5 Å². The lowest BCUT2D eigenvalue weighted by atomic mass is 9.88. The first-order valence-corrected chi connectivity index (χ1v) is 15.4. The van der Waals surface area contributed by atoms with Crippen LogP contribution in [0.1, 0.15) is 52.7 Å². The summed E-state index contributed by atoms with van der Waals surface area (Å²) in [7, 11) is -2.02. The van der Waals surface area contributed by atoms with Gasteiger partial charge in [-0.2, -0.15) is 13.2 Å². The normalized spacial score (nSPS) is 16.1. The van der Waals surface area contributed by atoms with Gasteiger partial charge >= 0.3 is 12.1 Å². The van der Waals surface area contributed by atoms with E-state index in [4.69, 9.17) is 16.2 Å². The van der Waals surface area contributed by atoms with E-state index in [2.05, 4.69) is 4.98 Å². The van der Waals surface area contributed by atoms with Crippen molar-refractivity contribution in [2.45, 2.75) is 38.1 Å². The molecule has 1 aliphatic rings. The predicted molar refractivity (Wildman–Crippen MR) is 150 cm³/mol. The maximum Gasteiger partial charge on any atom is 0.490 e. The number of carbonyl (C=O) groups is 3. The molecule has 0 saturated carbocycles. The number of sulfonamides is 1. The lowest BCUT2D eigenvalue weighted by Gasteiger charge is -2.31. The van der Waals surface area contributed by atoms with E-state index in [9.17, 15) is 36.0 Å². The van der Waals surface area contributed by atoms with Gasteiger partial charge in [0.2, 0.25) is 15.9 Å². The van der Waals surface area contributed by atoms with Crippen LogP contribution in [0.15, 0.2) is 29.8 Å². The highest BCUT2D eigenvalue weighted by Gasteiger charge is 2.43. The van der Waals surface area contributed by atoms with Crippen molar-refractivity contribution in [3.63, 3.8) is 0 Å². The van der Waals surface area contributed by atoms with E-state index in [1.807, 2.05) is 6.07 Å². The number of esters is 1. The van der Waals surface area contributed by atoms with Crippen LogP contribution in [-0.2, 0) is 24.3 Å². The monoisotopic (exact) mass is 629 g/mol. The fourth-order valence-corrected chi connectivity index (χ4v) is 7.21. The van der Waals surface area contributed by atoms with Crippen LogP contribution < -0.4 is 11.5 Å². The number of aromatic amines is 1. The molecule has 42 heavy (non-hydrogen) atoms. The number of halogens is 3. The molecular formula is C26H30F3N5O6S2. The lowest BCUT2D eigenvalue weighted by molar-refractivity contribution is -0.212. The zero-order valence-electron chi connectivity index (χ0n) is 22.7. The van der Waals surface area contributed by atoms with Crippen molar-refractivity contribution in [3.8, 4) is 11.1 Å². The van der Waals surface area contributed by atoms with Gasteiger partial charge in [0, 0.05) is 24.7 Å². The molecule has 16 heteroatoms. The molecule has 1 saturated heterocycles. The molecule has 228 valence electrons. The third-order valence-corrected chi connectivity index (χ3v) is 10.0. The van der Waals surface area contributed by atoms with Crippen molar-refractivity contribution < 1.29 is 40.7 Å². The Kier molecular flexibility index (Phi) is 9.01. The summed E-state index contributed by atoms with van der Waals surface area (Å²) >= 11 is 0.994. The second kappa shape index (κ2) is 12.0. The van der Waals surface area contributed by atoms with Crippen molar-refractivity contribution >= 4 is 50.0 Å². The van der Waals surface area contributed by atoms with Crippen LogP contribution in [0.3, 0.4) is 0 Å². The minimum absolute atomic E-state index is 0.00433. The molecule has 1 unspecified atom stereocenters. The second-order valence-corrected chi connectivity index (χ2v) is 13.2. The summed E-state index contributed by atoms with van der Waals surface area (Å²) in [6.07, 6.45) is -3.89. The van der Waals surface area contributed by atoms with Crippen molar-refractivity contribution in [1.82, 2.24) is 14.2 Å². The smallest absolute Gasteiger partial charge is 0.434 e. The molecule has 2 aromatic heterocycles. The SMILES string of the molecule is CCS(=O)(=O)N1CCC(c2c[nH]c3c(C(N)=O)cc(-c4csc(C(OC(=O)C(F)(F)F)N(C)CC(N)=O)c4)cc23)CC1. The van der Waals surface area contributed by atoms with Crippen LogP contribution in [0.4, 0.5) is 13.2 Å². The van der Waals surface area contributed by atoms with Gasteiger partial charge in [0.05, 0.1) is 28.3 Å². The number of likely N-dealkylation sites (N-methyl/N-ethyl adjacent to an activating group) is 1. The van der Waals surface area contributed by atoms with Crippen LogP contribution >= 0.6 is 11.3 Å². The number of fused-ring (bicyclic) bond motifs is 1. The van der Waals surface area contributed by atoms with E-state index < -0.39 is 46.8 Å². The number of nitrogens with two attached hydrogens (primary N) is 2. The summed E-state index contributed by atoms with van der Waals surface area (Å²) in [5, 5.41) is 2.32. The number of carbonyl (C=O) groups excluding carboxylic acids is 3. The van der Waals surface area contributed by atoms with E-state index in [0.29, 0.717) is 48.0 Å². The van der Waals surface area contributed by atoms with Gasteiger partial charge in [-0.1, -0.05) is 0 Å². The molecule has 0 radical (unpaired) electrons. The average molecular weight is 630 g/mol. The Morgan fingerprint density at radius 1 is 1.17 bits per heavy atom. The van der Waals surface area contributed by atoms with Crippen molar-refractivity contribution in [3.05, 3.63) is 45.8 Å². The number of nitrogens with zero attached hydrogens (tertiary/aromatic N) is 2.